The second-order valence-electron chi connectivity index (χ2n) is 10.1. The lowest BCUT2D eigenvalue weighted by molar-refractivity contribution is -0.126. The molecule has 0 saturated heterocycles. The fourth-order valence-corrected chi connectivity index (χ4v) is 6.13. The lowest BCUT2D eigenvalue weighted by Gasteiger charge is -2.41. The summed E-state index contributed by atoms with van der Waals surface area (Å²) in [6.07, 6.45) is 0.678. The number of phenolic OH excluding ortho intramolecular Hbond substituents is 2. The predicted octanol–water partition coefficient (Wildman–Crippen LogP) is 2.50. The van der Waals surface area contributed by atoms with E-state index < -0.39 is 46.6 Å². The first-order valence-corrected chi connectivity index (χ1v) is 12.4. The molecule has 0 spiro atoms. The predicted molar refractivity (Wildman–Crippen MR) is 138 cm³/mol. The molecule has 2 aromatic rings. The van der Waals surface area contributed by atoms with Crippen LogP contribution in [0.5, 0.6) is 11.5 Å². The highest BCUT2D eigenvalue weighted by Gasteiger charge is 2.50. The van der Waals surface area contributed by atoms with Gasteiger partial charge in [-0.05, 0) is 54.0 Å². The van der Waals surface area contributed by atoms with Crippen molar-refractivity contribution in [2.75, 3.05) is 12.4 Å². The van der Waals surface area contributed by atoms with Gasteiger partial charge in [0.25, 0.3) is 5.91 Å². The Kier molecular flexibility index (Phi) is 6.36. The van der Waals surface area contributed by atoms with Crippen molar-refractivity contribution in [3.05, 3.63) is 75.3 Å². The van der Waals surface area contributed by atoms with E-state index >= 15 is 0 Å². The minimum absolute atomic E-state index is 0.00248. The van der Waals surface area contributed by atoms with Gasteiger partial charge in [-0.15, -0.1) is 0 Å². The lowest BCUT2D eigenvalue weighted by Crippen LogP contribution is -2.43. The zero-order valence-corrected chi connectivity index (χ0v) is 20.7. The number of nitrogens with two attached hydrogens (primary N) is 1. The minimum atomic E-state index is -1.15. The van der Waals surface area contributed by atoms with Crippen LogP contribution in [0.25, 0.3) is 0 Å². The Balaban J connectivity index is 1.50. The van der Waals surface area contributed by atoms with Gasteiger partial charge in [-0.3, -0.25) is 14.4 Å². The number of anilines is 1. The molecule has 3 atom stereocenters. The number of aliphatic hydroxyl groups excluding tert-OH is 2. The van der Waals surface area contributed by atoms with E-state index in [0.717, 1.165) is 5.56 Å². The third kappa shape index (κ3) is 4.06. The molecule has 0 aliphatic heterocycles. The van der Waals surface area contributed by atoms with E-state index in [9.17, 15) is 34.8 Å². The zero-order valence-electron chi connectivity index (χ0n) is 20.7. The Hall–Kier alpha value is -4.31. The monoisotopic (exact) mass is 519 g/mol. The number of benzene rings is 2. The van der Waals surface area contributed by atoms with E-state index in [1.165, 1.54) is 0 Å². The van der Waals surface area contributed by atoms with Gasteiger partial charge in [-0.2, -0.15) is 0 Å². The van der Waals surface area contributed by atoms with Crippen molar-refractivity contribution in [3.8, 4) is 11.5 Å². The molecule has 0 fully saturated rings. The number of hydrogen-bond donors (Lipinski definition) is 7. The third-order valence-corrected chi connectivity index (χ3v) is 7.79. The highest BCUT2D eigenvalue weighted by Crippen LogP contribution is 2.50. The number of nitrogens with one attached hydrogen (secondary N) is 2. The molecule has 3 aliphatic rings. The van der Waals surface area contributed by atoms with Crippen LogP contribution in [0, 0.1) is 17.8 Å². The van der Waals surface area contributed by atoms with E-state index in [4.69, 9.17) is 5.73 Å². The van der Waals surface area contributed by atoms with Crippen LogP contribution in [0.2, 0.25) is 0 Å². The Morgan fingerprint density at radius 2 is 1.84 bits per heavy atom. The second kappa shape index (κ2) is 9.53. The molecule has 0 heterocycles. The van der Waals surface area contributed by atoms with Crippen LogP contribution < -0.4 is 16.4 Å². The smallest absolute Gasteiger partial charge is 0.255 e. The number of carbonyl (C=O) groups is 3. The topological polar surface area (TPSA) is 182 Å². The number of ketones is 2. The summed E-state index contributed by atoms with van der Waals surface area (Å²) in [5.41, 5.74) is 7.46. The summed E-state index contributed by atoms with van der Waals surface area (Å²) in [5, 5.41) is 48.6. The van der Waals surface area contributed by atoms with Crippen molar-refractivity contribution in [2.24, 2.45) is 23.5 Å². The molecule has 0 saturated carbocycles. The van der Waals surface area contributed by atoms with Gasteiger partial charge in [0.05, 0.1) is 11.5 Å². The molecule has 1 amide bonds. The fourth-order valence-electron chi connectivity index (χ4n) is 6.13. The number of rotatable bonds is 6. The average Bonchev–Trinajstić information content (AvgIpc) is 2.84. The van der Waals surface area contributed by atoms with E-state index in [0.29, 0.717) is 36.2 Å². The number of hydrogen-bond acceptors (Lipinski definition) is 9. The molecule has 10 heteroatoms. The quantitative estimate of drug-likeness (QED) is 0.223. The van der Waals surface area contributed by atoms with E-state index in [2.05, 4.69) is 10.6 Å². The molecule has 0 bridgehead atoms. The van der Waals surface area contributed by atoms with Crippen LogP contribution in [0.15, 0.2) is 53.0 Å². The molecule has 0 aromatic heterocycles. The summed E-state index contributed by atoms with van der Waals surface area (Å²) in [6, 6.07) is 8.54. The van der Waals surface area contributed by atoms with Gasteiger partial charge in [0, 0.05) is 43.4 Å². The molecule has 8 N–H and O–H groups in total. The molecule has 5 rings (SSSR count). The normalized spacial score (nSPS) is 22.6. The van der Waals surface area contributed by atoms with Crippen LogP contribution in [-0.2, 0) is 29.1 Å². The van der Waals surface area contributed by atoms with Gasteiger partial charge in [0.15, 0.2) is 11.6 Å². The molecule has 10 nitrogen and oxygen atoms in total. The first kappa shape index (κ1) is 25.3. The maximum Gasteiger partial charge on any atom is 0.255 e. The third-order valence-electron chi connectivity index (χ3n) is 7.79. The van der Waals surface area contributed by atoms with Crippen LogP contribution in [0.4, 0.5) is 5.69 Å². The highest BCUT2D eigenvalue weighted by molar-refractivity contribution is 6.22. The first-order valence-electron chi connectivity index (χ1n) is 12.4. The Morgan fingerprint density at radius 3 is 2.53 bits per heavy atom. The molecule has 3 unspecified atom stereocenters. The van der Waals surface area contributed by atoms with Crippen LogP contribution in [0.1, 0.15) is 39.9 Å². The van der Waals surface area contributed by atoms with Crippen LogP contribution >= 0.6 is 0 Å². The molecule has 38 heavy (non-hydrogen) atoms. The van der Waals surface area contributed by atoms with Crippen molar-refractivity contribution in [1.82, 2.24) is 5.32 Å². The summed E-state index contributed by atoms with van der Waals surface area (Å²) >= 11 is 0. The molecule has 2 aromatic carbocycles. The van der Waals surface area contributed by atoms with E-state index in [-0.39, 0.29) is 41.4 Å². The average molecular weight is 520 g/mol. The summed E-state index contributed by atoms with van der Waals surface area (Å²) in [7, 11) is 1.72. The van der Waals surface area contributed by atoms with Crippen molar-refractivity contribution in [1.29, 1.82) is 0 Å². The Bertz CT molecular complexity index is 1440. The first-order chi connectivity index (χ1) is 18.1. The van der Waals surface area contributed by atoms with Gasteiger partial charge < -0.3 is 36.8 Å². The molecular formula is C28H29N3O7. The van der Waals surface area contributed by atoms with Gasteiger partial charge in [-0.25, -0.2) is 0 Å². The number of carbonyl (C=O) groups excluding carboxylic acids is 3. The second-order valence-corrected chi connectivity index (χ2v) is 10.1. The number of fused-ring (bicyclic) bond motifs is 3. The van der Waals surface area contributed by atoms with Gasteiger partial charge in [0.1, 0.15) is 28.6 Å². The summed E-state index contributed by atoms with van der Waals surface area (Å²) in [5.74, 6) is -5.37. The van der Waals surface area contributed by atoms with E-state index in [1.54, 1.807) is 31.3 Å². The molecular weight excluding hydrogens is 490 g/mol. The largest absolute Gasteiger partial charge is 0.511 e. The maximum absolute atomic E-state index is 13.8. The van der Waals surface area contributed by atoms with Gasteiger partial charge in [0.2, 0.25) is 0 Å². The number of phenols is 2. The zero-order chi connectivity index (χ0) is 27.3. The molecule has 0 radical (unpaired) electrons. The standard InChI is InChI=1S/C28H29N3O7/c1-30-18-8-15(11-31-10-12-3-2-4-16(32)5-12)24(34)22-17(18)7-13-6-14-9-19(33)23(28(29)38)27(37)21(14)25(35)20(13)26(22)36/h2-5,8,13-14,21,30-35H,6-7,9-11H2,1H3,(H2,29,38). The Labute approximate surface area is 218 Å². The van der Waals surface area contributed by atoms with Gasteiger partial charge >= 0.3 is 0 Å². The maximum atomic E-state index is 13.8. The van der Waals surface area contributed by atoms with Crippen molar-refractivity contribution >= 4 is 23.2 Å². The number of primary amides is 1. The van der Waals surface area contributed by atoms with Crippen LogP contribution in [-0.4, -0.2) is 44.9 Å². The summed E-state index contributed by atoms with van der Waals surface area (Å²) < 4.78 is 0. The van der Waals surface area contributed by atoms with Crippen molar-refractivity contribution in [3.63, 3.8) is 0 Å². The number of aliphatic hydroxyl groups is 2. The Morgan fingerprint density at radius 1 is 1.08 bits per heavy atom. The lowest BCUT2D eigenvalue weighted by atomic mass is 9.62. The number of aromatic hydroxyl groups is 2. The summed E-state index contributed by atoms with van der Waals surface area (Å²) in [6.45, 7) is 0.635. The fraction of sp³-hybridized carbons (Fsp3) is 0.321. The molecule has 198 valence electrons. The van der Waals surface area contributed by atoms with Crippen LogP contribution in [0.3, 0.4) is 0 Å². The molecule has 3 aliphatic carbocycles. The van der Waals surface area contributed by atoms with Crippen molar-refractivity contribution < 1.29 is 34.8 Å². The van der Waals surface area contributed by atoms with Crippen molar-refractivity contribution in [2.45, 2.75) is 32.4 Å². The van der Waals surface area contributed by atoms with E-state index in [1.807, 2.05) is 6.07 Å². The summed E-state index contributed by atoms with van der Waals surface area (Å²) in [4.78, 5) is 38.6. The minimum Gasteiger partial charge on any atom is -0.511 e. The number of amides is 1. The highest BCUT2D eigenvalue weighted by atomic mass is 16.3. The number of Topliss-reactive ketones (excluding diaryl/α,β-unsaturated/α-hetero) is 2. The number of allylic oxidation sites excluding steroid dienone is 3. The van der Waals surface area contributed by atoms with Gasteiger partial charge in [-0.1, -0.05) is 12.1 Å². The SMILES string of the molecule is CNc1cc(CNCc2cccc(O)c2)c(O)c2c1CC1CC3CC(O)=C(C(N)=O)C(=O)C3C(O)=C1C2=O.